The van der Waals surface area contributed by atoms with E-state index in [1.165, 1.54) is 22.3 Å². The Hall–Kier alpha value is -5.10. The van der Waals surface area contributed by atoms with Gasteiger partial charge >= 0.3 is 11.9 Å². The van der Waals surface area contributed by atoms with Crippen molar-refractivity contribution in [3.05, 3.63) is 143 Å². The van der Waals surface area contributed by atoms with Gasteiger partial charge in [-0.3, -0.25) is 0 Å². The van der Waals surface area contributed by atoms with E-state index in [1.807, 2.05) is 12.1 Å². The number of aryl methyl sites for hydroxylation is 2. The molecule has 4 aromatic rings. The van der Waals surface area contributed by atoms with Crippen LogP contribution in [0.4, 0.5) is 0 Å². The first kappa shape index (κ1) is 31.3. The Balaban J connectivity index is 1.63. The van der Waals surface area contributed by atoms with Gasteiger partial charge < -0.3 is 18.9 Å². The van der Waals surface area contributed by atoms with Gasteiger partial charge in [0.25, 0.3) is 0 Å². The molecule has 0 atom stereocenters. The number of ether oxygens (including phenoxy) is 4. The summed E-state index contributed by atoms with van der Waals surface area (Å²) >= 11 is 0. The molecule has 0 N–H and O–H groups in total. The average molecular weight is 603 g/mol. The lowest BCUT2D eigenvalue weighted by molar-refractivity contribution is -0.146. The highest BCUT2D eigenvalue weighted by Gasteiger charge is 2.46. The number of carbonyl (C=O) groups is 2. The van der Waals surface area contributed by atoms with Crippen molar-refractivity contribution in [2.24, 2.45) is 0 Å². The third-order valence-corrected chi connectivity index (χ3v) is 8.21. The van der Waals surface area contributed by atoms with Gasteiger partial charge in [-0.2, -0.15) is 0 Å². The van der Waals surface area contributed by atoms with Crippen molar-refractivity contribution >= 4 is 11.9 Å². The third kappa shape index (κ3) is 5.88. The van der Waals surface area contributed by atoms with E-state index in [2.05, 4.69) is 99.8 Å². The highest BCUT2D eigenvalue weighted by atomic mass is 16.7. The average Bonchev–Trinajstić information content (AvgIpc) is 3.36. The van der Waals surface area contributed by atoms with Crippen LogP contribution in [-0.4, -0.2) is 25.5 Å². The summed E-state index contributed by atoms with van der Waals surface area (Å²) in [4.78, 5) is 23.8. The summed E-state index contributed by atoms with van der Waals surface area (Å²) in [7, 11) is 0. The molecule has 1 aliphatic carbocycles. The second-order valence-electron chi connectivity index (χ2n) is 11.1. The zero-order chi connectivity index (χ0) is 32.1. The van der Waals surface area contributed by atoms with Gasteiger partial charge in [0.1, 0.15) is 11.5 Å². The van der Waals surface area contributed by atoms with Crippen molar-refractivity contribution in [3.8, 4) is 22.6 Å². The maximum absolute atomic E-state index is 11.9. The zero-order valence-electron chi connectivity index (χ0n) is 26.3. The van der Waals surface area contributed by atoms with Crippen molar-refractivity contribution < 1.29 is 28.5 Å². The van der Waals surface area contributed by atoms with Gasteiger partial charge in [0.2, 0.25) is 13.6 Å². The Morgan fingerprint density at radius 2 is 1.02 bits per heavy atom. The van der Waals surface area contributed by atoms with Crippen LogP contribution in [0.2, 0.25) is 0 Å². The quantitative estimate of drug-likeness (QED) is 0.0817. The fourth-order valence-corrected chi connectivity index (χ4v) is 6.02. The lowest BCUT2D eigenvalue weighted by Crippen LogP contribution is -2.29. The molecule has 0 saturated heterocycles. The molecule has 0 aromatic heterocycles. The van der Waals surface area contributed by atoms with E-state index in [1.54, 1.807) is 13.8 Å². The number of esters is 2. The fourth-order valence-electron chi connectivity index (χ4n) is 6.02. The molecule has 0 fully saturated rings. The van der Waals surface area contributed by atoms with Crippen LogP contribution in [0.25, 0.3) is 11.1 Å². The number of benzene rings is 4. The predicted molar refractivity (Wildman–Crippen MR) is 175 cm³/mol. The number of fused-ring (bicyclic) bond motifs is 3. The van der Waals surface area contributed by atoms with Gasteiger partial charge in [-0.05, 0) is 83.3 Å². The molecule has 0 unspecified atom stereocenters. The summed E-state index contributed by atoms with van der Waals surface area (Å²) < 4.78 is 22.3. The number of rotatable bonds is 12. The van der Waals surface area contributed by atoms with Crippen LogP contribution in [0, 0.1) is 0 Å². The molecule has 0 saturated carbocycles. The van der Waals surface area contributed by atoms with Crippen LogP contribution in [0.3, 0.4) is 0 Å². The highest BCUT2D eigenvalue weighted by Crippen LogP contribution is 2.56. The van der Waals surface area contributed by atoms with Crippen molar-refractivity contribution in [3.63, 3.8) is 0 Å². The second-order valence-corrected chi connectivity index (χ2v) is 11.1. The summed E-state index contributed by atoms with van der Waals surface area (Å²) in [5.74, 6) is 0.340. The highest BCUT2D eigenvalue weighted by molar-refractivity contribution is 5.88. The van der Waals surface area contributed by atoms with Crippen molar-refractivity contribution in [1.82, 2.24) is 0 Å². The first-order chi connectivity index (χ1) is 21.7. The van der Waals surface area contributed by atoms with Gasteiger partial charge in [0.15, 0.2) is 0 Å². The Bertz CT molecular complexity index is 1650. The van der Waals surface area contributed by atoms with Crippen LogP contribution >= 0.6 is 0 Å². The summed E-state index contributed by atoms with van der Waals surface area (Å²) in [5, 5.41) is 0. The largest absolute Gasteiger partial charge is 0.457 e. The van der Waals surface area contributed by atoms with Gasteiger partial charge in [0.05, 0.1) is 5.41 Å². The van der Waals surface area contributed by atoms with Crippen molar-refractivity contribution in [2.45, 2.75) is 46.0 Å². The molecule has 5 rings (SSSR count). The van der Waals surface area contributed by atoms with E-state index < -0.39 is 17.4 Å². The molecule has 0 radical (unpaired) electrons. The molecule has 1 aliphatic rings. The summed E-state index contributed by atoms with van der Waals surface area (Å²) in [6.45, 7) is 14.2. The molecule has 0 aliphatic heterocycles. The molecule has 230 valence electrons. The lowest BCUT2D eigenvalue weighted by atomic mass is 9.67. The monoisotopic (exact) mass is 602 g/mol. The molecule has 6 heteroatoms. The van der Waals surface area contributed by atoms with Crippen LogP contribution in [-0.2, 0) is 37.3 Å². The molecule has 0 bridgehead atoms. The molecule has 0 heterocycles. The lowest BCUT2D eigenvalue weighted by Gasteiger charge is -2.35. The minimum Gasteiger partial charge on any atom is -0.457 e. The van der Waals surface area contributed by atoms with E-state index in [4.69, 9.17) is 18.9 Å². The topological polar surface area (TPSA) is 71.1 Å². The van der Waals surface area contributed by atoms with Gasteiger partial charge in [-0.1, -0.05) is 99.8 Å². The number of hydrogen-bond acceptors (Lipinski definition) is 6. The normalized spacial score (nSPS) is 12.4. The first-order valence-electron chi connectivity index (χ1n) is 15.1. The minimum atomic E-state index is -0.628. The second kappa shape index (κ2) is 13.3. The van der Waals surface area contributed by atoms with Crippen molar-refractivity contribution in [1.29, 1.82) is 0 Å². The van der Waals surface area contributed by atoms with Crippen molar-refractivity contribution in [2.75, 3.05) is 13.6 Å². The Morgan fingerprint density at radius 1 is 0.622 bits per heavy atom. The van der Waals surface area contributed by atoms with E-state index in [0.29, 0.717) is 35.5 Å². The third-order valence-electron chi connectivity index (χ3n) is 8.21. The summed E-state index contributed by atoms with van der Waals surface area (Å²) in [6.07, 6.45) is 1.43. The molecular weight excluding hydrogens is 564 g/mol. The number of carbonyl (C=O) groups excluding carboxylic acids is 2. The Labute approximate surface area is 264 Å². The number of hydrogen-bond donors (Lipinski definition) is 0. The zero-order valence-corrected chi connectivity index (χ0v) is 26.3. The molecule has 6 nitrogen and oxygen atoms in total. The smallest absolute Gasteiger partial charge is 0.335 e. The molecular formula is C39H38O6. The Kier molecular flexibility index (Phi) is 9.24. The molecule has 0 spiro atoms. The fraction of sp³-hybridized carbons (Fsp3) is 0.231. The molecule has 4 aromatic carbocycles. The van der Waals surface area contributed by atoms with Gasteiger partial charge in [0, 0.05) is 11.1 Å². The Morgan fingerprint density at radius 3 is 1.40 bits per heavy atom. The van der Waals surface area contributed by atoms with Crippen LogP contribution in [0.1, 0.15) is 61.1 Å². The van der Waals surface area contributed by atoms with E-state index in [0.717, 1.165) is 22.3 Å². The van der Waals surface area contributed by atoms with Gasteiger partial charge in [-0.25, -0.2) is 9.59 Å². The first-order valence-corrected chi connectivity index (χ1v) is 15.1. The van der Waals surface area contributed by atoms with E-state index in [9.17, 15) is 9.59 Å². The minimum absolute atomic E-state index is 0.197. The maximum Gasteiger partial charge on any atom is 0.335 e. The van der Waals surface area contributed by atoms with Gasteiger partial charge in [-0.15, -0.1) is 0 Å². The van der Waals surface area contributed by atoms with Crippen LogP contribution < -0.4 is 9.47 Å². The van der Waals surface area contributed by atoms with Crippen LogP contribution in [0.15, 0.2) is 109 Å². The molecule has 0 amide bonds. The molecule has 45 heavy (non-hydrogen) atoms. The summed E-state index contributed by atoms with van der Waals surface area (Å²) in [5.41, 5.74) is 8.92. The van der Waals surface area contributed by atoms with E-state index >= 15 is 0 Å². The SMILES string of the molecule is C=C(C)C(=O)OCOc1ccc(C2(c3ccc(OCOC(=O)C(=C)C)c(CC)c3)c3ccccc3-c3ccccc32)cc1CC. The van der Waals surface area contributed by atoms with E-state index in [-0.39, 0.29) is 13.6 Å². The van der Waals surface area contributed by atoms with Crippen LogP contribution in [0.5, 0.6) is 11.5 Å². The maximum atomic E-state index is 11.9. The predicted octanol–water partition coefficient (Wildman–Crippen LogP) is 8.09. The summed E-state index contributed by atoms with van der Waals surface area (Å²) in [6, 6.07) is 29.6. The standard InChI is InChI=1S/C39H38O6/c1-7-27-21-29(17-19-35(27)42-23-44-37(40)25(3)4)39(33-15-11-9-13-31(33)32-14-10-12-16-34(32)39)30-18-20-36(28(8-2)22-30)43-24-45-38(41)26(5)6/h9-22H,3,5,7-8,23-24H2,1-2,4,6H3.